The van der Waals surface area contributed by atoms with Crippen molar-refractivity contribution in [3.05, 3.63) is 57.0 Å². The SMILES string of the molecule is CC(C)(C)OC(=O)N1CCCCC1c1ncccc1Cn1c(=S)[nH]c(=O)c2[nH]ccc21. The zero-order valence-electron chi connectivity index (χ0n) is 18.0. The number of piperidine rings is 1. The van der Waals surface area contributed by atoms with Gasteiger partial charge in [0.1, 0.15) is 11.1 Å². The summed E-state index contributed by atoms with van der Waals surface area (Å²) in [6, 6.07) is 5.54. The van der Waals surface area contributed by atoms with Crippen LogP contribution < -0.4 is 5.56 Å². The van der Waals surface area contributed by atoms with Crippen LogP contribution in [0.1, 0.15) is 57.3 Å². The van der Waals surface area contributed by atoms with E-state index in [-0.39, 0.29) is 17.7 Å². The monoisotopic (exact) mass is 441 g/mol. The maximum atomic E-state index is 12.9. The number of aromatic amines is 2. The van der Waals surface area contributed by atoms with Crippen LogP contribution in [0.4, 0.5) is 4.79 Å². The van der Waals surface area contributed by atoms with Crippen molar-refractivity contribution in [1.82, 2.24) is 24.4 Å². The summed E-state index contributed by atoms with van der Waals surface area (Å²) in [6.45, 7) is 6.68. The van der Waals surface area contributed by atoms with Gasteiger partial charge >= 0.3 is 6.09 Å². The number of H-pyrrole nitrogens is 2. The Morgan fingerprint density at radius 3 is 2.90 bits per heavy atom. The van der Waals surface area contributed by atoms with Gasteiger partial charge in [0.25, 0.3) is 5.56 Å². The van der Waals surface area contributed by atoms with E-state index in [2.05, 4.69) is 15.0 Å². The molecule has 1 unspecified atom stereocenters. The van der Waals surface area contributed by atoms with Gasteiger partial charge in [-0.3, -0.25) is 19.7 Å². The second-order valence-electron chi connectivity index (χ2n) is 8.82. The van der Waals surface area contributed by atoms with Crippen molar-refractivity contribution in [3.8, 4) is 0 Å². The molecule has 3 aromatic heterocycles. The zero-order valence-corrected chi connectivity index (χ0v) is 18.8. The molecule has 0 bridgehead atoms. The van der Waals surface area contributed by atoms with E-state index in [9.17, 15) is 9.59 Å². The fourth-order valence-corrected chi connectivity index (χ4v) is 4.33. The second kappa shape index (κ2) is 8.30. The van der Waals surface area contributed by atoms with Crippen LogP contribution in [0.5, 0.6) is 0 Å². The first kappa shape index (κ1) is 21.3. The summed E-state index contributed by atoms with van der Waals surface area (Å²) in [5.74, 6) is 0. The van der Waals surface area contributed by atoms with E-state index in [1.54, 1.807) is 17.3 Å². The lowest BCUT2D eigenvalue weighted by Crippen LogP contribution is -2.42. The minimum atomic E-state index is -0.561. The number of nitrogens with one attached hydrogen (secondary N) is 2. The molecule has 0 radical (unpaired) electrons. The average Bonchev–Trinajstić information content (AvgIpc) is 3.20. The van der Waals surface area contributed by atoms with Gasteiger partial charge in [0.15, 0.2) is 4.77 Å². The molecule has 9 heteroatoms. The summed E-state index contributed by atoms with van der Waals surface area (Å²) < 4.78 is 7.89. The van der Waals surface area contributed by atoms with Crippen molar-refractivity contribution in [2.45, 2.75) is 58.2 Å². The number of nitrogens with zero attached hydrogens (tertiary/aromatic N) is 3. The Kier molecular flexibility index (Phi) is 5.70. The molecule has 0 saturated carbocycles. The van der Waals surface area contributed by atoms with E-state index in [0.717, 1.165) is 36.0 Å². The third-order valence-corrected chi connectivity index (χ3v) is 5.73. The molecule has 4 heterocycles. The van der Waals surface area contributed by atoms with Gasteiger partial charge in [0.2, 0.25) is 0 Å². The van der Waals surface area contributed by atoms with Crippen molar-refractivity contribution >= 4 is 29.3 Å². The standard InChI is InChI=1S/C22H27N5O3S/c1-22(2,3)30-21(29)26-12-5-4-8-15(26)17-14(7-6-10-23-17)13-27-16-9-11-24-18(16)19(28)25-20(27)31/h6-7,9-11,15,24H,4-5,8,12-13H2,1-3H3,(H,25,28,31). The van der Waals surface area contributed by atoms with Crippen LogP contribution in [0.3, 0.4) is 0 Å². The summed E-state index contributed by atoms with van der Waals surface area (Å²) in [6.07, 6.45) is 5.93. The molecule has 1 saturated heterocycles. The van der Waals surface area contributed by atoms with E-state index in [1.165, 1.54) is 0 Å². The van der Waals surface area contributed by atoms with Gasteiger partial charge in [0, 0.05) is 18.9 Å². The van der Waals surface area contributed by atoms with Crippen molar-refractivity contribution < 1.29 is 9.53 Å². The summed E-state index contributed by atoms with van der Waals surface area (Å²) in [7, 11) is 0. The highest BCUT2D eigenvalue weighted by molar-refractivity contribution is 7.71. The molecule has 1 fully saturated rings. The van der Waals surface area contributed by atoms with Crippen LogP contribution in [-0.4, -0.2) is 42.7 Å². The Hall–Kier alpha value is -2.94. The first-order valence-electron chi connectivity index (χ1n) is 10.5. The van der Waals surface area contributed by atoms with Gasteiger partial charge in [-0.15, -0.1) is 0 Å². The second-order valence-corrected chi connectivity index (χ2v) is 9.20. The van der Waals surface area contributed by atoms with E-state index in [1.807, 2.05) is 43.5 Å². The Labute approximate surface area is 185 Å². The lowest BCUT2D eigenvalue weighted by molar-refractivity contribution is 0.00889. The fourth-order valence-electron chi connectivity index (χ4n) is 4.07. The number of aromatic nitrogens is 4. The van der Waals surface area contributed by atoms with Crippen LogP contribution in [0.25, 0.3) is 11.0 Å². The summed E-state index contributed by atoms with van der Waals surface area (Å²) >= 11 is 5.44. The quantitative estimate of drug-likeness (QED) is 0.591. The number of ether oxygens (including phenoxy) is 1. The smallest absolute Gasteiger partial charge is 0.410 e. The Morgan fingerprint density at radius 1 is 1.32 bits per heavy atom. The van der Waals surface area contributed by atoms with Gasteiger partial charge in [-0.05, 0) is 69.9 Å². The number of carbonyl (C=O) groups is 1. The van der Waals surface area contributed by atoms with Gasteiger partial charge in [0.05, 0.1) is 23.8 Å². The van der Waals surface area contributed by atoms with Gasteiger partial charge < -0.3 is 14.3 Å². The topological polar surface area (TPSA) is 96.0 Å². The molecule has 1 amide bonds. The van der Waals surface area contributed by atoms with Crippen LogP contribution in [0.15, 0.2) is 35.4 Å². The number of pyridine rings is 1. The molecule has 0 aromatic carbocycles. The number of hydrogen-bond donors (Lipinski definition) is 2. The number of likely N-dealkylation sites (tertiary alicyclic amines) is 1. The molecule has 0 aliphatic carbocycles. The lowest BCUT2D eigenvalue weighted by Gasteiger charge is -2.37. The van der Waals surface area contributed by atoms with Gasteiger partial charge in [-0.25, -0.2) is 4.79 Å². The van der Waals surface area contributed by atoms with Crippen LogP contribution in [-0.2, 0) is 11.3 Å². The molecule has 2 N–H and O–H groups in total. The molecule has 3 aromatic rings. The van der Waals surface area contributed by atoms with Crippen molar-refractivity contribution in [2.24, 2.45) is 0 Å². The number of amides is 1. The molecule has 4 rings (SSSR count). The molecule has 31 heavy (non-hydrogen) atoms. The Bertz CT molecular complexity index is 1220. The van der Waals surface area contributed by atoms with Crippen molar-refractivity contribution in [3.63, 3.8) is 0 Å². The Morgan fingerprint density at radius 2 is 2.13 bits per heavy atom. The van der Waals surface area contributed by atoms with E-state index < -0.39 is 5.60 Å². The number of rotatable bonds is 3. The maximum absolute atomic E-state index is 12.9. The molecule has 1 aliphatic rings. The predicted molar refractivity (Wildman–Crippen MR) is 121 cm³/mol. The molecule has 1 atom stereocenters. The number of hydrogen-bond acceptors (Lipinski definition) is 5. The zero-order chi connectivity index (χ0) is 22.2. The third-order valence-electron chi connectivity index (χ3n) is 5.41. The summed E-state index contributed by atoms with van der Waals surface area (Å²) in [5, 5.41) is 0. The van der Waals surface area contributed by atoms with Crippen molar-refractivity contribution in [2.75, 3.05) is 6.54 Å². The predicted octanol–water partition coefficient (Wildman–Crippen LogP) is 4.29. The molecule has 0 spiro atoms. The minimum Gasteiger partial charge on any atom is -0.444 e. The molecule has 164 valence electrons. The third kappa shape index (κ3) is 4.41. The maximum Gasteiger partial charge on any atom is 0.410 e. The first-order valence-corrected chi connectivity index (χ1v) is 10.9. The van der Waals surface area contributed by atoms with Gasteiger partial charge in [-0.1, -0.05) is 6.07 Å². The average molecular weight is 442 g/mol. The highest BCUT2D eigenvalue weighted by Crippen LogP contribution is 2.33. The minimum absolute atomic E-state index is 0.168. The fraction of sp³-hybridized carbons (Fsp3) is 0.455. The van der Waals surface area contributed by atoms with Crippen LogP contribution in [0.2, 0.25) is 0 Å². The van der Waals surface area contributed by atoms with Crippen LogP contribution >= 0.6 is 12.2 Å². The normalized spacial score (nSPS) is 17.1. The highest BCUT2D eigenvalue weighted by Gasteiger charge is 2.33. The van der Waals surface area contributed by atoms with E-state index in [4.69, 9.17) is 17.0 Å². The van der Waals surface area contributed by atoms with Gasteiger partial charge in [-0.2, -0.15) is 0 Å². The molecule has 1 aliphatic heterocycles. The van der Waals surface area contributed by atoms with Crippen LogP contribution in [0, 0.1) is 4.77 Å². The summed E-state index contributed by atoms with van der Waals surface area (Å²) in [5.41, 5.74) is 2.20. The Balaban J connectivity index is 1.72. The van der Waals surface area contributed by atoms with Crippen molar-refractivity contribution in [1.29, 1.82) is 0 Å². The van der Waals surface area contributed by atoms with E-state index >= 15 is 0 Å². The molecule has 8 nitrogen and oxygen atoms in total. The highest BCUT2D eigenvalue weighted by atomic mass is 32.1. The summed E-state index contributed by atoms with van der Waals surface area (Å²) in [4.78, 5) is 37.2. The molecular formula is C22H27N5O3S. The largest absolute Gasteiger partial charge is 0.444 e. The van der Waals surface area contributed by atoms with E-state index in [0.29, 0.717) is 23.4 Å². The number of carbonyl (C=O) groups excluding carboxylic acids is 1. The number of fused-ring (bicyclic) bond motifs is 1. The molecular weight excluding hydrogens is 414 g/mol. The first-order chi connectivity index (χ1) is 14.7. The lowest BCUT2D eigenvalue weighted by atomic mass is 9.96.